The lowest BCUT2D eigenvalue weighted by atomic mass is 9.95. The van der Waals surface area contributed by atoms with E-state index in [1.54, 1.807) is 7.11 Å². The van der Waals surface area contributed by atoms with Gasteiger partial charge in [-0.25, -0.2) is 0 Å². The number of halogens is 1. The van der Waals surface area contributed by atoms with Crippen LogP contribution in [0.25, 0.3) is 0 Å². The van der Waals surface area contributed by atoms with Gasteiger partial charge in [-0.2, -0.15) is 0 Å². The molecule has 0 saturated carbocycles. The molecule has 0 amide bonds. The number of hydrogen-bond donors (Lipinski definition) is 1. The van der Waals surface area contributed by atoms with E-state index in [9.17, 15) is 0 Å². The van der Waals surface area contributed by atoms with E-state index in [2.05, 4.69) is 5.32 Å². The van der Waals surface area contributed by atoms with Gasteiger partial charge in [0, 0.05) is 0 Å². The number of nitrogens with one attached hydrogen (secondary N) is 1. The first-order valence-electron chi connectivity index (χ1n) is 6.36. The average Bonchev–Trinajstić information content (AvgIpc) is 2.40. The summed E-state index contributed by atoms with van der Waals surface area (Å²) >= 11 is 0. The summed E-state index contributed by atoms with van der Waals surface area (Å²) in [5.74, 6) is 2.48. The van der Waals surface area contributed by atoms with Crippen molar-refractivity contribution in [3.05, 3.63) is 24.3 Å². The van der Waals surface area contributed by atoms with Crippen molar-refractivity contribution in [3.8, 4) is 11.5 Å². The molecule has 1 fully saturated rings. The highest BCUT2D eigenvalue weighted by molar-refractivity contribution is 5.85. The monoisotopic (exact) mass is 271 g/mol. The normalized spacial score (nSPS) is 15.8. The minimum absolute atomic E-state index is 0. The van der Waals surface area contributed by atoms with Crippen LogP contribution in [0.5, 0.6) is 11.5 Å². The molecule has 1 aliphatic heterocycles. The van der Waals surface area contributed by atoms with Gasteiger partial charge in [0.05, 0.1) is 13.7 Å². The van der Waals surface area contributed by atoms with E-state index >= 15 is 0 Å². The van der Waals surface area contributed by atoms with Crippen molar-refractivity contribution in [1.29, 1.82) is 0 Å². The lowest BCUT2D eigenvalue weighted by Crippen LogP contribution is -2.28. The van der Waals surface area contributed by atoms with Crippen molar-refractivity contribution in [2.75, 3.05) is 26.8 Å². The second-order valence-corrected chi connectivity index (χ2v) is 4.48. The van der Waals surface area contributed by atoms with Crippen LogP contribution in [0.4, 0.5) is 0 Å². The number of para-hydroxylation sites is 2. The average molecular weight is 272 g/mol. The Balaban J connectivity index is 0.00000162. The Labute approximate surface area is 115 Å². The van der Waals surface area contributed by atoms with Crippen LogP contribution < -0.4 is 14.8 Å². The summed E-state index contributed by atoms with van der Waals surface area (Å²) in [6.45, 7) is 3.09. The minimum atomic E-state index is 0. The molecule has 1 N–H and O–H groups in total. The molecule has 1 aromatic carbocycles. The second kappa shape index (κ2) is 8.22. The fraction of sp³-hybridized carbons (Fsp3) is 0.571. The van der Waals surface area contributed by atoms with E-state index in [1.807, 2.05) is 24.3 Å². The molecule has 0 radical (unpaired) electrons. The molecule has 1 heterocycles. The Morgan fingerprint density at radius 1 is 1.17 bits per heavy atom. The van der Waals surface area contributed by atoms with Crippen LogP contribution in [0.2, 0.25) is 0 Å². The molecule has 0 aliphatic carbocycles. The van der Waals surface area contributed by atoms with Gasteiger partial charge >= 0.3 is 0 Å². The van der Waals surface area contributed by atoms with Crippen molar-refractivity contribution in [1.82, 2.24) is 5.32 Å². The zero-order valence-corrected chi connectivity index (χ0v) is 11.7. The fourth-order valence-corrected chi connectivity index (χ4v) is 2.24. The molecule has 102 valence electrons. The molecule has 3 nitrogen and oxygen atoms in total. The van der Waals surface area contributed by atoms with Crippen LogP contribution in [0.15, 0.2) is 24.3 Å². The largest absolute Gasteiger partial charge is 0.493 e. The smallest absolute Gasteiger partial charge is 0.161 e. The van der Waals surface area contributed by atoms with E-state index in [0.29, 0.717) is 0 Å². The highest BCUT2D eigenvalue weighted by Gasteiger charge is 2.13. The maximum absolute atomic E-state index is 5.79. The summed E-state index contributed by atoms with van der Waals surface area (Å²) in [5, 5.41) is 3.38. The van der Waals surface area contributed by atoms with E-state index in [0.717, 1.165) is 43.5 Å². The molecule has 1 saturated heterocycles. The molecule has 2 rings (SSSR count). The third-order valence-electron chi connectivity index (χ3n) is 3.31. The Morgan fingerprint density at radius 3 is 2.50 bits per heavy atom. The Bertz CT molecular complexity index is 340. The summed E-state index contributed by atoms with van der Waals surface area (Å²) < 4.78 is 11.0. The Kier molecular flexibility index (Phi) is 6.91. The van der Waals surface area contributed by atoms with E-state index in [-0.39, 0.29) is 12.4 Å². The van der Waals surface area contributed by atoms with E-state index in [1.165, 1.54) is 12.8 Å². The van der Waals surface area contributed by atoms with Crippen LogP contribution in [-0.4, -0.2) is 26.8 Å². The summed E-state index contributed by atoms with van der Waals surface area (Å²) in [4.78, 5) is 0. The number of benzene rings is 1. The van der Waals surface area contributed by atoms with Gasteiger partial charge in [-0.05, 0) is 50.4 Å². The van der Waals surface area contributed by atoms with Crippen molar-refractivity contribution in [2.24, 2.45) is 5.92 Å². The van der Waals surface area contributed by atoms with Crippen molar-refractivity contribution >= 4 is 12.4 Å². The second-order valence-electron chi connectivity index (χ2n) is 4.48. The van der Waals surface area contributed by atoms with Crippen LogP contribution in [0, 0.1) is 5.92 Å². The predicted molar refractivity (Wildman–Crippen MR) is 75.9 cm³/mol. The third kappa shape index (κ3) is 4.39. The summed E-state index contributed by atoms with van der Waals surface area (Å²) in [7, 11) is 1.68. The molecule has 18 heavy (non-hydrogen) atoms. The number of piperidine rings is 1. The Hall–Kier alpha value is -0.930. The lowest BCUT2D eigenvalue weighted by molar-refractivity contribution is 0.243. The maximum Gasteiger partial charge on any atom is 0.161 e. The van der Waals surface area contributed by atoms with E-state index < -0.39 is 0 Å². The first-order valence-corrected chi connectivity index (χ1v) is 6.36. The van der Waals surface area contributed by atoms with Gasteiger partial charge in [0.15, 0.2) is 11.5 Å². The first kappa shape index (κ1) is 15.1. The topological polar surface area (TPSA) is 30.5 Å². The van der Waals surface area contributed by atoms with Gasteiger partial charge in [0.2, 0.25) is 0 Å². The molecule has 0 aromatic heterocycles. The zero-order valence-electron chi connectivity index (χ0n) is 10.9. The zero-order chi connectivity index (χ0) is 11.9. The predicted octanol–water partition coefficient (Wildman–Crippen LogP) is 2.89. The molecule has 0 atom stereocenters. The van der Waals surface area contributed by atoms with Crippen LogP contribution >= 0.6 is 12.4 Å². The maximum atomic E-state index is 5.79. The van der Waals surface area contributed by atoms with Crippen LogP contribution in [0.1, 0.15) is 19.3 Å². The quantitative estimate of drug-likeness (QED) is 0.893. The van der Waals surface area contributed by atoms with Gasteiger partial charge in [-0.3, -0.25) is 0 Å². The van der Waals surface area contributed by atoms with Crippen LogP contribution in [0.3, 0.4) is 0 Å². The van der Waals surface area contributed by atoms with Gasteiger partial charge in [0.25, 0.3) is 0 Å². The number of ether oxygens (including phenoxy) is 2. The van der Waals surface area contributed by atoms with Gasteiger partial charge < -0.3 is 14.8 Å². The van der Waals surface area contributed by atoms with Gasteiger partial charge in [-0.15, -0.1) is 12.4 Å². The molecule has 0 spiro atoms. The highest BCUT2D eigenvalue weighted by atomic mass is 35.5. The summed E-state index contributed by atoms with van der Waals surface area (Å²) in [6, 6.07) is 7.82. The van der Waals surface area contributed by atoms with Gasteiger partial charge in [0.1, 0.15) is 0 Å². The molecule has 0 bridgehead atoms. The van der Waals surface area contributed by atoms with Gasteiger partial charge in [-0.1, -0.05) is 12.1 Å². The number of rotatable bonds is 5. The SMILES string of the molecule is COc1ccccc1OCCC1CCNCC1.Cl. The molecule has 4 heteroatoms. The number of methoxy groups -OCH3 is 1. The fourth-order valence-electron chi connectivity index (χ4n) is 2.24. The minimum Gasteiger partial charge on any atom is -0.493 e. The van der Waals surface area contributed by atoms with Crippen molar-refractivity contribution in [3.63, 3.8) is 0 Å². The molecule has 0 unspecified atom stereocenters. The van der Waals surface area contributed by atoms with E-state index in [4.69, 9.17) is 9.47 Å². The van der Waals surface area contributed by atoms with Crippen molar-refractivity contribution in [2.45, 2.75) is 19.3 Å². The van der Waals surface area contributed by atoms with Crippen LogP contribution in [-0.2, 0) is 0 Å². The first-order chi connectivity index (χ1) is 8.40. The molecule has 1 aromatic rings. The van der Waals surface area contributed by atoms with Crippen molar-refractivity contribution < 1.29 is 9.47 Å². The lowest BCUT2D eigenvalue weighted by Gasteiger charge is -2.22. The molecular weight excluding hydrogens is 250 g/mol. The third-order valence-corrected chi connectivity index (χ3v) is 3.31. The highest BCUT2D eigenvalue weighted by Crippen LogP contribution is 2.26. The summed E-state index contributed by atoms with van der Waals surface area (Å²) in [5.41, 5.74) is 0. The number of hydrogen-bond acceptors (Lipinski definition) is 3. The summed E-state index contributed by atoms with van der Waals surface area (Å²) in [6.07, 6.45) is 3.68. The molecular formula is C14H22ClNO2. The Morgan fingerprint density at radius 2 is 1.83 bits per heavy atom. The molecule has 1 aliphatic rings. The standard InChI is InChI=1S/C14H21NO2.ClH/c1-16-13-4-2-3-5-14(13)17-11-8-12-6-9-15-10-7-12;/h2-5,12,15H,6-11H2,1H3;1H.